The van der Waals surface area contributed by atoms with Crippen molar-refractivity contribution >= 4 is 15.7 Å². The Hall–Kier alpha value is -2.67. The Kier molecular flexibility index (Phi) is 7.14. The number of carbonyl (C=O) groups excluding carboxylic acids is 1. The summed E-state index contributed by atoms with van der Waals surface area (Å²) < 4.78 is 123. The van der Waals surface area contributed by atoms with Gasteiger partial charge in [-0.15, -0.1) is 0 Å². The van der Waals surface area contributed by atoms with Crippen molar-refractivity contribution in [2.75, 3.05) is 6.54 Å². The first kappa shape index (κ1) is 30.3. The van der Waals surface area contributed by atoms with Crippen LogP contribution in [0.4, 0.5) is 30.7 Å². The normalized spacial score (nSPS) is 22.2. The van der Waals surface area contributed by atoms with Gasteiger partial charge in [0.1, 0.15) is 4.75 Å². The number of benzene rings is 2. The number of rotatable bonds is 5. The highest BCUT2D eigenvalue weighted by Gasteiger charge is 2.73. The highest BCUT2D eigenvalue weighted by Crippen LogP contribution is 2.56. The van der Waals surface area contributed by atoms with Gasteiger partial charge in [-0.3, -0.25) is 4.79 Å². The van der Waals surface area contributed by atoms with Gasteiger partial charge in [0.05, 0.1) is 23.0 Å². The predicted molar refractivity (Wildman–Crippen MR) is 131 cm³/mol. The van der Waals surface area contributed by atoms with Crippen molar-refractivity contribution in [3.63, 3.8) is 0 Å². The van der Waals surface area contributed by atoms with E-state index >= 15 is 0 Å². The summed E-state index contributed by atoms with van der Waals surface area (Å²) in [6.07, 6.45) is -13.5. The maximum atomic E-state index is 14.9. The van der Waals surface area contributed by atoms with Crippen LogP contribution in [0.5, 0.6) is 0 Å². The van der Waals surface area contributed by atoms with Gasteiger partial charge in [-0.25, -0.2) is 12.8 Å². The summed E-state index contributed by atoms with van der Waals surface area (Å²) in [5.74, 6) is -0.546. The van der Waals surface area contributed by atoms with Gasteiger partial charge in [0.15, 0.2) is 9.84 Å². The van der Waals surface area contributed by atoms with Crippen LogP contribution in [0.3, 0.4) is 0 Å². The van der Waals surface area contributed by atoms with E-state index in [0.29, 0.717) is 17.7 Å². The van der Waals surface area contributed by atoms with Crippen molar-refractivity contribution in [1.82, 2.24) is 4.90 Å². The first-order chi connectivity index (χ1) is 18.2. The Bertz CT molecular complexity index is 1420. The molecular formula is C27H28F7NO4S. The summed E-state index contributed by atoms with van der Waals surface area (Å²) in [4.78, 5) is 14.3. The van der Waals surface area contributed by atoms with E-state index in [9.17, 15) is 49.1 Å². The van der Waals surface area contributed by atoms with Gasteiger partial charge in [0, 0.05) is 12.1 Å². The summed E-state index contributed by atoms with van der Waals surface area (Å²) >= 11 is 0. The minimum absolute atomic E-state index is 0.0701. The third-order valence-corrected chi connectivity index (χ3v) is 10.3. The zero-order chi connectivity index (χ0) is 30.1. The number of aryl methyl sites for hydroxylation is 2. The molecule has 40 heavy (non-hydrogen) atoms. The minimum atomic E-state index is -6.32. The Labute approximate surface area is 226 Å². The molecule has 0 saturated carbocycles. The van der Waals surface area contributed by atoms with E-state index in [0.717, 1.165) is 6.07 Å². The second kappa shape index (κ2) is 9.43. The number of aliphatic hydroxyl groups is 1. The second-order valence-electron chi connectivity index (χ2n) is 11.1. The van der Waals surface area contributed by atoms with Gasteiger partial charge in [-0.05, 0) is 68.9 Å². The Morgan fingerprint density at radius 2 is 1.65 bits per heavy atom. The first-order valence-corrected chi connectivity index (χ1v) is 13.9. The van der Waals surface area contributed by atoms with Crippen LogP contribution in [0, 0.1) is 6.92 Å². The van der Waals surface area contributed by atoms with Crippen molar-refractivity contribution in [2.45, 2.75) is 85.8 Å². The van der Waals surface area contributed by atoms with Crippen molar-refractivity contribution in [3.05, 3.63) is 64.7 Å². The third-order valence-electron chi connectivity index (χ3n) is 7.75. The minimum Gasteiger partial charge on any atom is -0.390 e. The fraction of sp³-hybridized carbons (Fsp3) is 0.519. The molecule has 0 radical (unpaired) electrons. The van der Waals surface area contributed by atoms with Crippen LogP contribution < -0.4 is 0 Å². The Morgan fingerprint density at radius 3 is 2.20 bits per heavy atom. The van der Waals surface area contributed by atoms with Gasteiger partial charge in [0.2, 0.25) is 5.91 Å². The van der Waals surface area contributed by atoms with E-state index in [4.69, 9.17) is 0 Å². The smallest absolute Gasteiger partial charge is 0.390 e. The number of sulfone groups is 1. The van der Waals surface area contributed by atoms with Gasteiger partial charge >= 0.3 is 18.0 Å². The second-order valence-corrected chi connectivity index (χ2v) is 13.3. The number of fused-ring (bicyclic) bond motifs is 3. The molecule has 2 aromatic rings. The summed E-state index contributed by atoms with van der Waals surface area (Å²) in [5.41, 5.74) is -8.43. The molecule has 2 aromatic carbocycles. The number of likely N-dealkylation sites (tertiary alicyclic amines) is 1. The molecule has 5 nitrogen and oxygen atoms in total. The SMILES string of the molecule is Cc1cccc(S(=O)(=O)C23CCN(C(=O)CC(C)(C)O)C2CCc2cc(C(F)(C(F)(F)F)C(F)(F)F)ccc23)c1. The molecule has 0 spiro atoms. The molecule has 1 heterocycles. The number of hydrogen-bond donors (Lipinski definition) is 1. The molecule has 1 fully saturated rings. The van der Waals surface area contributed by atoms with Gasteiger partial charge in [0.25, 0.3) is 0 Å². The molecule has 220 valence electrons. The summed E-state index contributed by atoms with van der Waals surface area (Å²) in [6.45, 7) is 4.38. The molecule has 1 amide bonds. The number of hydrogen-bond acceptors (Lipinski definition) is 4. The number of amides is 1. The maximum absolute atomic E-state index is 14.9. The molecule has 1 aliphatic carbocycles. The third kappa shape index (κ3) is 4.58. The lowest BCUT2D eigenvalue weighted by molar-refractivity contribution is -0.348. The summed E-state index contributed by atoms with van der Waals surface area (Å²) in [6, 6.07) is 6.45. The largest absolute Gasteiger partial charge is 0.435 e. The van der Waals surface area contributed by atoms with Crippen LogP contribution in [0.15, 0.2) is 47.4 Å². The molecule has 2 aliphatic rings. The van der Waals surface area contributed by atoms with Crippen LogP contribution in [-0.2, 0) is 31.5 Å². The van der Waals surface area contributed by atoms with Crippen LogP contribution in [0.1, 0.15) is 55.4 Å². The Balaban J connectivity index is 1.95. The van der Waals surface area contributed by atoms with E-state index in [1.807, 2.05) is 0 Å². The quantitative estimate of drug-likeness (QED) is 0.453. The van der Waals surface area contributed by atoms with Crippen LogP contribution >= 0.6 is 0 Å². The summed E-state index contributed by atoms with van der Waals surface area (Å²) in [7, 11) is -4.41. The van der Waals surface area contributed by atoms with Crippen molar-refractivity contribution in [1.29, 1.82) is 0 Å². The standard InChI is InChI=1S/C27H28F7NO4S/c1-16-5-4-6-19(13-16)40(38,39)24-11-12-35(22(36)15-23(2,3)37)21(24)10-7-17-14-18(8-9-20(17)24)25(28,26(29,30)31)27(32,33)34/h4-6,8-9,13-14,21,37H,7,10-12,15H2,1-3H3. The molecule has 1 saturated heterocycles. The van der Waals surface area contributed by atoms with Crippen molar-refractivity contribution < 1.29 is 49.1 Å². The van der Waals surface area contributed by atoms with Crippen LogP contribution in [0.25, 0.3) is 0 Å². The highest BCUT2D eigenvalue weighted by atomic mass is 32.2. The molecule has 0 bridgehead atoms. The number of nitrogens with zero attached hydrogens (tertiary/aromatic N) is 1. The van der Waals surface area contributed by atoms with Gasteiger partial charge in [-0.1, -0.05) is 30.3 Å². The van der Waals surface area contributed by atoms with E-state index in [-0.39, 0.29) is 48.3 Å². The Morgan fingerprint density at radius 1 is 1.02 bits per heavy atom. The van der Waals surface area contributed by atoms with E-state index in [1.165, 1.54) is 36.9 Å². The van der Waals surface area contributed by atoms with Gasteiger partial charge in [-0.2, -0.15) is 26.3 Å². The van der Waals surface area contributed by atoms with Gasteiger partial charge < -0.3 is 10.0 Å². The molecule has 1 N–H and O–H groups in total. The first-order valence-electron chi connectivity index (χ1n) is 12.5. The predicted octanol–water partition coefficient (Wildman–Crippen LogP) is 5.66. The molecule has 4 rings (SSSR count). The number of alkyl halides is 7. The zero-order valence-electron chi connectivity index (χ0n) is 21.8. The van der Waals surface area contributed by atoms with E-state index in [2.05, 4.69) is 0 Å². The average molecular weight is 596 g/mol. The average Bonchev–Trinajstić information content (AvgIpc) is 3.22. The van der Waals surface area contributed by atoms with E-state index in [1.54, 1.807) is 13.0 Å². The molecule has 13 heteroatoms. The molecular weight excluding hydrogens is 567 g/mol. The molecule has 2 atom stereocenters. The van der Waals surface area contributed by atoms with Crippen molar-refractivity contribution in [2.24, 2.45) is 0 Å². The number of halogens is 7. The fourth-order valence-corrected chi connectivity index (χ4v) is 8.46. The number of carbonyl (C=O) groups is 1. The van der Waals surface area contributed by atoms with Crippen LogP contribution in [0.2, 0.25) is 0 Å². The molecule has 0 aromatic heterocycles. The van der Waals surface area contributed by atoms with Crippen molar-refractivity contribution in [3.8, 4) is 0 Å². The lowest BCUT2D eigenvalue weighted by atomic mass is 9.76. The maximum Gasteiger partial charge on any atom is 0.435 e. The summed E-state index contributed by atoms with van der Waals surface area (Å²) in [5, 5.41) is 10.2. The fourth-order valence-electron chi connectivity index (χ4n) is 5.99. The monoisotopic (exact) mass is 595 g/mol. The topological polar surface area (TPSA) is 74.7 Å². The van der Waals surface area contributed by atoms with Crippen LogP contribution in [-0.4, -0.2) is 54.9 Å². The zero-order valence-corrected chi connectivity index (χ0v) is 22.6. The lowest BCUT2D eigenvalue weighted by Crippen LogP contribution is -2.53. The highest BCUT2D eigenvalue weighted by molar-refractivity contribution is 7.92. The van der Waals surface area contributed by atoms with E-state index < -0.39 is 55.7 Å². The molecule has 1 aliphatic heterocycles. The lowest BCUT2D eigenvalue weighted by Gasteiger charge is -2.43. The molecule has 2 unspecified atom stereocenters.